The molecule has 2 nitrogen and oxygen atoms in total. The van der Waals surface area contributed by atoms with Gasteiger partial charge in [0.2, 0.25) is 0 Å². The second-order valence-corrected chi connectivity index (χ2v) is 5.67. The first-order chi connectivity index (χ1) is 9.28. The topological polar surface area (TPSA) is 15.3 Å². The minimum absolute atomic E-state index is 0.00862. The van der Waals surface area contributed by atoms with Crippen molar-refractivity contribution >= 4 is 21.6 Å². The highest BCUT2D eigenvalue weighted by Crippen LogP contribution is 2.32. The normalized spacial score (nSPS) is 13.3. The SMILES string of the molecule is CCCN(CC(F)(F)F)c1cc(Br)ccc1C(C)NC. The Kier molecular flexibility index (Phi) is 6.33. The quantitative estimate of drug-likeness (QED) is 0.810. The molecule has 0 amide bonds. The maximum absolute atomic E-state index is 12.8. The lowest BCUT2D eigenvalue weighted by molar-refractivity contribution is -0.119. The lowest BCUT2D eigenvalue weighted by Gasteiger charge is -2.29. The fourth-order valence-electron chi connectivity index (χ4n) is 2.08. The largest absolute Gasteiger partial charge is 0.405 e. The predicted octanol–water partition coefficient (Wildman–Crippen LogP) is 4.51. The zero-order valence-corrected chi connectivity index (χ0v) is 13.5. The van der Waals surface area contributed by atoms with Crippen LogP contribution in [-0.4, -0.2) is 26.3 Å². The molecular weight excluding hydrogens is 333 g/mol. The fraction of sp³-hybridized carbons (Fsp3) is 0.571. The molecule has 0 saturated carbocycles. The Labute approximate surface area is 126 Å². The number of nitrogens with zero attached hydrogens (tertiary/aromatic N) is 1. The maximum Gasteiger partial charge on any atom is 0.405 e. The third-order valence-corrected chi connectivity index (χ3v) is 3.59. The van der Waals surface area contributed by atoms with Crippen LogP contribution in [0, 0.1) is 0 Å². The third-order valence-electron chi connectivity index (χ3n) is 3.10. The average molecular weight is 353 g/mol. The summed E-state index contributed by atoms with van der Waals surface area (Å²) in [6.45, 7) is 3.26. The number of alkyl halides is 3. The van der Waals surface area contributed by atoms with Crippen molar-refractivity contribution in [1.82, 2.24) is 5.32 Å². The summed E-state index contributed by atoms with van der Waals surface area (Å²) in [5.74, 6) is 0. The van der Waals surface area contributed by atoms with Crippen molar-refractivity contribution in [2.45, 2.75) is 32.5 Å². The highest BCUT2D eigenvalue weighted by molar-refractivity contribution is 9.10. The fourth-order valence-corrected chi connectivity index (χ4v) is 2.43. The van der Waals surface area contributed by atoms with E-state index >= 15 is 0 Å². The zero-order chi connectivity index (χ0) is 15.3. The Hall–Kier alpha value is -0.750. The smallest absolute Gasteiger partial charge is 0.362 e. The summed E-state index contributed by atoms with van der Waals surface area (Å²) in [7, 11) is 1.80. The molecule has 1 aromatic rings. The van der Waals surface area contributed by atoms with E-state index in [-0.39, 0.29) is 6.04 Å². The van der Waals surface area contributed by atoms with E-state index in [1.54, 1.807) is 13.1 Å². The van der Waals surface area contributed by atoms with Crippen molar-refractivity contribution in [3.63, 3.8) is 0 Å². The molecular formula is C14H20BrF3N2. The molecule has 0 aliphatic carbocycles. The van der Waals surface area contributed by atoms with Crippen LogP contribution in [0.25, 0.3) is 0 Å². The van der Waals surface area contributed by atoms with Gasteiger partial charge >= 0.3 is 6.18 Å². The molecule has 1 N–H and O–H groups in total. The van der Waals surface area contributed by atoms with E-state index < -0.39 is 12.7 Å². The maximum atomic E-state index is 12.8. The number of benzene rings is 1. The first-order valence-electron chi connectivity index (χ1n) is 6.57. The molecule has 0 aromatic heterocycles. The van der Waals surface area contributed by atoms with Crippen molar-refractivity contribution in [1.29, 1.82) is 0 Å². The van der Waals surface area contributed by atoms with Crippen LogP contribution in [0.3, 0.4) is 0 Å². The monoisotopic (exact) mass is 352 g/mol. The van der Waals surface area contributed by atoms with Crippen LogP contribution >= 0.6 is 15.9 Å². The Morgan fingerprint density at radius 1 is 1.35 bits per heavy atom. The molecule has 114 valence electrons. The lowest BCUT2D eigenvalue weighted by Crippen LogP contribution is -2.36. The molecule has 1 atom stereocenters. The van der Waals surface area contributed by atoms with E-state index in [4.69, 9.17) is 0 Å². The van der Waals surface area contributed by atoms with Gasteiger partial charge in [-0.1, -0.05) is 28.9 Å². The van der Waals surface area contributed by atoms with Crippen LogP contribution in [0.4, 0.5) is 18.9 Å². The second-order valence-electron chi connectivity index (χ2n) is 4.75. The van der Waals surface area contributed by atoms with E-state index in [9.17, 15) is 13.2 Å². The molecule has 0 radical (unpaired) electrons. The predicted molar refractivity (Wildman–Crippen MR) is 80.2 cm³/mol. The number of anilines is 1. The first kappa shape index (κ1) is 17.3. The highest BCUT2D eigenvalue weighted by atomic mass is 79.9. The highest BCUT2D eigenvalue weighted by Gasteiger charge is 2.31. The summed E-state index contributed by atoms with van der Waals surface area (Å²) >= 11 is 3.34. The molecule has 1 rings (SSSR count). The molecule has 0 spiro atoms. The van der Waals surface area contributed by atoms with E-state index in [0.717, 1.165) is 10.0 Å². The van der Waals surface area contributed by atoms with Crippen LogP contribution in [0.1, 0.15) is 31.9 Å². The summed E-state index contributed by atoms with van der Waals surface area (Å²) in [5, 5.41) is 3.08. The molecule has 0 heterocycles. The zero-order valence-electron chi connectivity index (χ0n) is 11.9. The van der Waals surface area contributed by atoms with Gasteiger partial charge in [-0.25, -0.2) is 0 Å². The van der Waals surface area contributed by atoms with Gasteiger partial charge in [0.05, 0.1) is 0 Å². The number of halogens is 4. The van der Waals surface area contributed by atoms with Crippen molar-refractivity contribution < 1.29 is 13.2 Å². The number of hydrogen-bond donors (Lipinski definition) is 1. The summed E-state index contributed by atoms with van der Waals surface area (Å²) in [4.78, 5) is 1.40. The van der Waals surface area contributed by atoms with Gasteiger partial charge < -0.3 is 10.2 Å². The molecule has 1 unspecified atom stereocenters. The molecule has 0 fully saturated rings. The van der Waals surface area contributed by atoms with Gasteiger partial charge in [-0.3, -0.25) is 0 Å². The van der Waals surface area contributed by atoms with Gasteiger partial charge in [0, 0.05) is 22.7 Å². The molecule has 0 aliphatic rings. The van der Waals surface area contributed by atoms with Gasteiger partial charge in [0.1, 0.15) is 6.54 Å². The summed E-state index contributed by atoms with van der Waals surface area (Å²) in [6.07, 6.45) is -3.55. The van der Waals surface area contributed by atoms with Crippen molar-refractivity contribution in [2.75, 3.05) is 25.0 Å². The van der Waals surface area contributed by atoms with E-state index in [1.165, 1.54) is 4.90 Å². The van der Waals surface area contributed by atoms with Crippen LogP contribution in [-0.2, 0) is 0 Å². The van der Waals surface area contributed by atoms with Gasteiger partial charge in [-0.15, -0.1) is 0 Å². The molecule has 0 aliphatic heterocycles. The van der Waals surface area contributed by atoms with Crippen LogP contribution in [0.2, 0.25) is 0 Å². The van der Waals surface area contributed by atoms with Gasteiger partial charge in [0.25, 0.3) is 0 Å². The molecule has 6 heteroatoms. The minimum atomic E-state index is -4.21. The van der Waals surface area contributed by atoms with Gasteiger partial charge in [-0.05, 0) is 38.1 Å². The van der Waals surface area contributed by atoms with Crippen molar-refractivity contribution in [2.24, 2.45) is 0 Å². The Morgan fingerprint density at radius 2 is 2.00 bits per heavy atom. The number of rotatable bonds is 6. The summed E-state index contributed by atoms with van der Waals surface area (Å²) in [5.41, 5.74) is 1.49. The van der Waals surface area contributed by atoms with Crippen molar-refractivity contribution in [3.05, 3.63) is 28.2 Å². The standard InChI is InChI=1S/C14H20BrF3N2/c1-4-7-20(9-14(16,17)18)13-8-11(15)5-6-12(13)10(2)19-3/h5-6,8,10,19H,4,7,9H2,1-3H3. The van der Waals surface area contributed by atoms with Crippen LogP contribution in [0.15, 0.2) is 22.7 Å². The summed E-state index contributed by atoms with van der Waals surface area (Å²) < 4.78 is 39.1. The van der Waals surface area contributed by atoms with Crippen molar-refractivity contribution in [3.8, 4) is 0 Å². The first-order valence-corrected chi connectivity index (χ1v) is 7.36. The Balaban J connectivity index is 3.19. The number of hydrogen-bond acceptors (Lipinski definition) is 2. The van der Waals surface area contributed by atoms with E-state index in [0.29, 0.717) is 18.7 Å². The lowest BCUT2D eigenvalue weighted by atomic mass is 10.0. The third kappa shape index (κ3) is 4.98. The molecule has 0 saturated heterocycles. The van der Waals surface area contributed by atoms with Gasteiger partial charge in [0.15, 0.2) is 0 Å². The van der Waals surface area contributed by atoms with Crippen LogP contribution < -0.4 is 10.2 Å². The Bertz CT molecular complexity index is 435. The average Bonchev–Trinajstić information content (AvgIpc) is 2.35. The second kappa shape index (κ2) is 7.31. The Morgan fingerprint density at radius 3 is 2.50 bits per heavy atom. The molecule has 0 bridgehead atoms. The van der Waals surface area contributed by atoms with Crippen LogP contribution in [0.5, 0.6) is 0 Å². The minimum Gasteiger partial charge on any atom is -0.362 e. The molecule has 20 heavy (non-hydrogen) atoms. The van der Waals surface area contributed by atoms with Gasteiger partial charge in [-0.2, -0.15) is 13.2 Å². The van der Waals surface area contributed by atoms with E-state index in [2.05, 4.69) is 21.2 Å². The summed E-state index contributed by atoms with van der Waals surface area (Å²) in [6, 6.07) is 5.46. The molecule has 1 aromatic carbocycles. The number of nitrogens with one attached hydrogen (secondary N) is 1. The van der Waals surface area contributed by atoms with E-state index in [1.807, 2.05) is 26.0 Å².